The van der Waals surface area contributed by atoms with E-state index < -0.39 is 13.1 Å². The average molecular weight is 466 g/mol. The number of aryl methyl sites for hydroxylation is 2. The van der Waals surface area contributed by atoms with Crippen LogP contribution in [0, 0.1) is 13.8 Å². The van der Waals surface area contributed by atoms with E-state index in [9.17, 15) is 9.36 Å². The van der Waals surface area contributed by atoms with Gasteiger partial charge in [-0.25, -0.2) is 4.98 Å². The van der Waals surface area contributed by atoms with Gasteiger partial charge in [-0.2, -0.15) is 0 Å². The van der Waals surface area contributed by atoms with E-state index in [2.05, 4.69) is 10.3 Å². The van der Waals surface area contributed by atoms with Crippen LogP contribution in [0.25, 0.3) is 0 Å². The molecule has 2 heterocycles. The van der Waals surface area contributed by atoms with Crippen LogP contribution in [0.3, 0.4) is 0 Å². The van der Waals surface area contributed by atoms with Crippen molar-refractivity contribution in [1.82, 2.24) is 4.98 Å². The van der Waals surface area contributed by atoms with E-state index in [1.54, 1.807) is 18.2 Å². The highest BCUT2D eigenvalue weighted by Crippen LogP contribution is 2.34. The molecular formula is C20H23N2O7PS. The number of aromatic nitrogens is 1. The number of rotatable bonds is 8. The number of benzene rings is 1. The van der Waals surface area contributed by atoms with Gasteiger partial charge in [-0.3, -0.25) is 14.7 Å². The number of amides is 1. The van der Waals surface area contributed by atoms with E-state index in [1.807, 2.05) is 27.7 Å². The fourth-order valence-corrected chi connectivity index (χ4v) is 3.89. The third kappa shape index (κ3) is 6.18. The van der Waals surface area contributed by atoms with Crippen molar-refractivity contribution in [3.8, 4) is 11.5 Å². The summed E-state index contributed by atoms with van der Waals surface area (Å²) in [6.07, 6.45) is -0.119. The van der Waals surface area contributed by atoms with Gasteiger partial charge >= 0.3 is 7.60 Å². The maximum Gasteiger partial charge on any atom is 0.391 e. The Balaban J connectivity index is 1.79. The Labute approximate surface area is 183 Å². The number of carbonyl (C=O) groups excluding carboxylic acids is 1. The Morgan fingerprint density at radius 3 is 2.52 bits per heavy atom. The Kier molecular flexibility index (Phi) is 6.86. The number of ether oxygens (including phenoxy) is 2. The molecular weight excluding hydrogens is 443 g/mol. The minimum Gasteiger partial charge on any atom is -0.491 e. The van der Waals surface area contributed by atoms with Gasteiger partial charge in [-0.1, -0.05) is 0 Å². The van der Waals surface area contributed by atoms with Crippen molar-refractivity contribution in [3.05, 3.63) is 52.2 Å². The van der Waals surface area contributed by atoms with Crippen LogP contribution in [-0.2, 0) is 11.2 Å². The summed E-state index contributed by atoms with van der Waals surface area (Å²) in [7, 11) is -4.47. The highest BCUT2D eigenvalue weighted by molar-refractivity contribution is 7.59. The number of anilines is 1. The third-order valence-electron chi connectivity index (χ3n) is 4.08. The normalized spacial score (nSPS) is 11.6. The van der Waals surface area contributed by atoms with Crippen molar-refractivity contribution in [1.29, 1.82) is 0 Å². The first-order valence-electron chi connectivity index (χ1n) is 9.36. The van der Waals surface area contributed by atoms with Crippen molar-refractivity contribution >= 4 is 35.5 Å². The van der Waals surface area contributed by atoms with Crippen LogP contribution in [0.1, 0.15) is 40.5 Å². The molecule has 166 valence electrons. The van der Waals surface area contributed by atoms with Gasteiger partial charge in [0.05, 0.1) is 11.8 Å². The first-order chi connectivity index (χ1) is 14.5. The minimum absolute atomic E-state index is 0.0862. The molecule has 0 saturated heterocycles. The van der Waals surface area contributed by atoms with E-state index in [4.69, 9.17) is 23.7 Å². The molecule has 1 aromatic carbocycles. The zero-order valence-corrected chi connectivity index (χ0v) is 19.1. The predicted octanol–water partition coefficient (Wildman–Crippen LogP) is 3.77. The van der Waals surface area contributed by atoms with Crippen molar-refractivity contribution in [2.45, 2.75) is 40.4 Å². The monoisotopic (exact) mass is 466 g/mol. The van der Waals surface area contributed by atoms with Gasteiger partial charge in [0.2, 0.25) is 5.50 Å². The molecule has 1 amide bonds. The van der Waals surface area contributed by atoms with Gasteiger partial charge in [-0.05, 0) is 52.0 Å². The molecule has 0 aliphatic rings. The summed E-state index contributed by atoms with van der Waals surface area (Å²) < 4.78 is 27.8. The molecule has 0 aliphatic heterocycles. The number of thiazole rings is 1. The van der Waals surface area contributed by atoms with Crippen LogP contribution in [0.4, 0.5) is 5.13 Å². The summed E-state index contributed by atoms with van der Waals surface area (Å²) in [5.74, 6) is 0.645. The Morgan fingerprint density at radius 1 is 1.23 bits per heavy atom. The van der Waals surface area contributed by atoms with Crippen LogP contribution in [0.5, 0.6) is 11.5 Å². The van der Waals surface area contributed by atoms with Gasteiger partial charge in [0.15, 0.2) is 5.13 Å². The van der Waals surface area contributed by atoms with Gasteiger partial charge in [-0.15, -0.1) is 11.3 Å². The Morgan fingerprint density at radius 2 is 1.94 bits per heavy atom. The van der Waals surface area contributed by atoms with E-state index in [1.165, 1.54) is 23.5 Å². The predicted molar refractivity (Wildman–Crippen MR) is 116 cm³/mol. The number of nitrogens with zero attached hydrogens (tertiary/aromatic N) is 1. The van der Waals surface area contributed by atoms with Gasteiger partial charge in [0, 0.05) is 16.5 Å². The Hall–Kier alpha value is -2.65. The molecule has 0 fully saturated rings. The van der Waals surface area contributed by atoms with Crippen LogP contribution in [0.2, 0.25) is 0 Å². The largest absolute Gasteiger partial charge is 0.491 e. The second-order valence-electron chi connectivity index (χ2n) is 7.05. The molecule has 0 atom stereocenters. The molecule has 0 saturated carbocycles. The van der Waals surface area contributed by atoms with Gasteiger partial charge in [0.25, 0.3) is 5.91 Å². The number of hydrogen-bond acceptors (Lipinski definition) is 7. The highest BCUT2D eigenvalue weighted by Gasteiger charge is 2.22. The lowest BCUT2D eigenvalue weighted by molar-refractivity contribution is 0.102. The molecule has 9 nitrogen and oxygen atoms in total. The van der Waals surface area contributed by atoms with Crippen molar-refractivity contribution in [3.63, 3.8) is 0 Å². The lowest BCUT2D eigenvalue weighted by Crippen LogP contribution is -2.13. The zero-order valence-electron chi connectivity index (χ0n) is 17.4. The number of carbonyl (C=O) groups is 1. The molecule has 31 heavy (non-hydrogen) atoms. The standard InChI is InChI=1S/C20H23N2O7PS/c1-11(2)28-17-8-14(19(23)22-20-21-12(3)13(4)31-20)7-16(9-17)27-10-15-5-6-18(29-15)30(24,25)26/h5-9,11H,10H2,1-4H3,(H,21,22,23)(H2,24,25,26). The first-order valence-corrected chi connectivity index (χ1v) is 11.8. The fraction of sp³-hybridized carbons (Fsp3) is 0.300. The SMILES string of the molecule is Cc1nc(NC(=O)c2cc(OCc3ccc(P(=O)(O)O)o3)cc(OC(C)C)c2)sc1C. The zero-order chi connectivity index (χ0) is 22.8. The fourth-order valence-electron chi connectivity index (χ4n) is 2.58. The van der Waals surface area contributed by atoms with E-state index in [0.29, 0.717) is 22.2 Å². The van der Waals surface area contributed by atoms with E-state index in [-0.39, 0.29) is 24.4 Å². The molecule has 0 radical (unpaired) electrons. The van der Waals surface area contributed by atoms with Gasteiger partial charge < -0.3 is 23.7 Å². The lowest BCUT2D eigenvalue weighted by Gasteiger charge is -2.13. The minimum atomic E-state index is -4.47. The first kappa shape index (κ1) is 23.0. The maximum atomic E-state index is 12.8. The quantitative estimate of drug-likeness (QED) is 0.428. The van der Waals surface area contributed by atoms with E-state index >= 15 is 0 Å². The van der Waals surface area contributed by atoms with Crippen LogP contribution >= 0.6 is 18.9 Å². The van der Waals surface area contributed by atoms with Crippen LogP contribution in [0.15, 0.2) is 34.7 Å². The maximum absolute atomic E-state index is 12.8. The smallest absolute Gasteiger partial charge is 0.391 e. The number of hydrogen-bond donors (Lipinski definition) is 3. The summed E-state index contributed by atoms with van der Waals surface area (Å²) in [5.41, 5.74) is 0.737. The summed E-state index contributed by atoms with van der Waals surface area (Å²) in [6.45, 7) is 7.44. The molecule has 0 unspecified atom stereocenters. The summed E-state index contributed by atoms with van der Waals surface area (Å²) in [4.78, 5) is 36.4. The molecule has 3 aromatic rings. The molecule has 0 aliphatic carbocycles. The molecule has 3 rings (SSSR count). The van der Waals surface area contributed by atoms with Gasteiger partial charge in [0.1, 0.15) is 23.9 Å². The molecule has 3 N–H and O–H groups in total. The topological polar surface area (TPSA) is 131 Å². The molecule has 0 spiro atoms. The second kappa shape index (κ2) is 9.23. The Bertz CT molecular complexity index is 1110. The summed E-state index contributed by atoms with van der Waals surface area (Å²) in [6, 6.07) is 7.40. The second-order valence-corrected chi connectivity index (χ2v) is 9.78. The van der Waals surface area contributed by atoms with Crippen molar-refractivity contribution < 1.29 is 33.0 Å². The summed E-state index contributed by atoms with van der Waals surface area (Å²) in [5, 5.41) is 3.27. The molecule has 2 aromatic heterocycles. The number of nitrogens with one attached hydrogen (secondary N) is 1. The van der Waals surface area contributed by atoms with Crippen LogP contribution < -0.4 is 20.3 Å². The number of furan rings is 1. The summed E-state index contributed by atoms with van der Waals surface area (Å²) >= 11 is 1.39. The molecule has 11 heteroatoms. The van der Waals surface area contributed by atoms with Crippen molar-refractivity contribution in [2.75, 3.05) is 5.32 Å². The van der Waals surface area contributed by atoms with Crippen molar-refractivity contribution in [2.24, 2.45) is 0 Å². The molecule has 0 bridgehead atoms. The average Bonchev–Trinajstić information content (AvgIpc) is 3.26. The third-order valence-corrected chi connectivity index (χ3v) is 5.88. The highest BCUT2D eigenvalue weighted by atomic mass is 32.1. The van der Waals surface area contributed by atoms with E-state index in [0.717, 1.165) is 10.6 Å². The lowest BCUT2D eigenvalue weighted by atomic mass is 10.2. The van der Waals surface area contributed by atoms with Crippen LogP contribution in [-0.4, -0.2) is 26.8 Å².